The molecular formula is C14H12ClN5O2S. The van der Waals surface area contributed by atoms with Crippen LogP contribution in [0.15, 0.2) is 30.5 Å². The number of hydrogen-bond donors (Lipinski definition) is 3. The van der Waals surface area contributed by atoms with E-state index in [4.69, 9.17) is 17.3 Å². The first kappa shape index (κ1) is 15.3. The molecule has 0 bridgehead atoms. The van der Waals surface area contributed by atoms with Gasteiger partial charge >= 0.3 is 0 Å². The van der Waals surface area contributed by atoms with Gasteiger partial charge in [0.15, 0.2) is 5.01 Å². The van der Waals surface area contributed by atoms with Gasteiger partial charge in [0.2, 0.25) is 11.0 Å². The second-order valence-corrected chi connectivity index (χ2v) is 6.13. The van der Waals surface area contributed by atoms with E-state index < -0.39 is 0 Å². The number of nitrogens with zero attached hydrogens (tertiary/aromatic N) is 3. The maximum Gasteiger partial charge on any atom is 0.223 e. The fraction of sp³-hybridized carbons (Fsp3) is 0.0714. The lowest BCUT2D eigenvalue weighted by molar-refractivity contribution is -0.114. The van der Waals surface area contributed by atoms with Crippen molar-refractivity contribution < 1.29 is 9.90 Å². The second kappa shape index (κ2) is 5.90. The maximum atomic E-state index is 11.0. The van der Waals surface area contributed by atoms with E-state index in [1.807, 2.05) is 0 Å². The number of nitrogen functional groups attached to an aromatic ring is 1. The van der Waals surface area contributed by atoms with Crippen LogP contribution in [0.2, 0.25) is 5.02 Å². The minimum Gasteiger partial charge on any atom is -0.506 e. The molecule has 0 spiro atoms. The molecule has 7 nitrogen and oxygen atoms in total. The molecule has 0 aliphatic rings. The highest BCUT2D eigenvalue weighted by Crippen LogP contribution is 2.40. The zero-order chi connectivity index (χ0) is 16.6. The molecule has 9 heteroatoms. The number of rotatable bonds is 3. The molecule has 3 aromatic rings. The summed E-state index contributed by atoms with van der Waals surface area (Å²) < 4.78 is 1.63. The third-order valence-corrected chi connectivity index (χ3v) is 4.16. The highest BCUT2D eigenvalue weighted by molar-refractivity contribution is 7.18. The Hall–Kier alpha value is -2.58. The average molecular weight is 350 g/mol. The first-order valence-electron chi connectivity index (χ1n) is 6.53. The van der Waals surface area contributed by atoms with Gasteiger partial charge < -0.3 is 16.2 Å². The van der Waals surface area contributed by atoms with Gasteiger partial charge in [0.1, 0.15) is 11.6 Å². The summed E-state index contributed by atoms with van der Waals surface area (Å²) in [5, 5.41) is 21.9. The molecule has 118 valence electrons. The molecular weight excluding hydrogens is 338 g/mol. The maximum absolute atomic E-state index is 11.0. The number of halogens is 1. The predicted molar refractivity (Wildman–Crippen MR) is 90.1 cm³/mol. The average Bonchev–Trinajstić information content (AvgIpc) is 3.04. The molecule has 4 N–H and O–H groups in total. The summed E-state index contributed by atoms with van der Waals surface area (Å²) in [4.78, 5) is 11.0. The predicted octanol–water partition coefficient (Wildman–Crippen LogP) is 2.90. The number of hydrogen-bond acceptors (Lipinski definition) is 6. The van der Waals surface area contributed by atoms with Gasteiger partial charge in [0.25, 0.3) is 0 Å². The third kappa shape index (κ3) is 2.99. The smallest absolute Gasteiger partial charge is 0.223 e. The summed E-state index contributed by atoms with van der Waals surface area (Å²) in [5.74, 6) is 0.0435. The SMILES string of the molecule is CC(=O)Nc1nnc(-c2c(O)cn(-c3ccc(Cl)cc3)c2N)s1. The Balaban J connectivity index is 2.02. The number of carbonyl (C=O) groups is 1. The molecule has 0 atom stereocenters. The first-order valence-corrected chi connectivity index (χ1v) is 7.72. The van der Waals surface area contributed by atoms with Crippen molar-refractivity contribution in [3.8, 4) is 22.0 Å². The lowest BCUT2D eigenvalue weighted by Crippen LogP contribution is -2.04. The van der Waals surface area contributed by atoms with Gasteiger partial charge in [-0.3, -0.25) is 9.36 Å². The fourth-order valence-corrected chi connectivity index (χ4v) is 3.05. The molecule has 3 rings (SSSR count). The van der Waals surface area contributed by atoms with E-state index in [0.29, 0.717) is 26.5 Å². The van der Waals surface area contributed by atoms with Crippen LogP contribution in [0.3, 0.4) is 0 Å². The number of benzene rings is 1. The lowest BCUT2D eigenvalue weighted by Gasteiger charge is -2.05. The fourth-order valence-electron chi connectivity index (χ4n) is 2.07. The Morgan fingerprint density at radius 3 is 2.70 bits per heavy atom. The number of aromatic nitrogens is 3. The first-order chi connectivity index (χ1) is 11.0. The van der Waals surface area contributed by atoms with Gasteiger partial charge in [-0.05, 0) is 24.3 Å². The quantitative estimate of drug-likeness (QED) is 0.674. The Morgan fingerprint density at radius 1 is 1.35 bits per heavy atom. The number of aromatic hydroxyl groups is 1. The molecule has 0 aliphatic carbocycles. The number of carbonyl (C=O) groups excluding carboxylic acids is 1. The van der Waals surface area contributed by atoms with Gasteiger partial charge in [-0.2, -0.15) is 0 Å². The van der Waals surface area contributed by atoms with E-state index >= 15 is 0 Å². The van der Waals surface area contributed by atoms with Gasteiger partial charge in [-0.15, -0.1) is 10.2 Å². The van der Waals surface area contributed by atoms with Crippen molar-refractivity contribution in [1.29, 1.82) is 0 Å². The number of nitrogens with two attached hydrogens (primary N) is 1. The van der Waals surface area contributed by atoms with Crippen LogP contribution < -0.4 is 11.1 Å². The zero-order valence-electron chi connectivity index (χ0n) is 11.9. The van der Waals surface area contributed by atoms with Crippen LogP contribution in [0.5, 0.6) is 5.75 Å². The van der Waals surface area contributed by atoms with Crippen molar-refractivity contribution in [1.82, 2.24) is 14.8 Å². The van der Waals surface area contributed by atoms with E-state index in [-0.39, 0.29) is 11.7 Å². The molecule has 0 saturated carbocycles. The van der Waals surface area contributed by atoms with Gasteiger partial charge in [-0.25, -0.2) is 0 Å². The molecule has 0 aliphatic heterocycles. The summed E-state index contributed by atoms with van der Waals surface area (Å²) >= 11 is 7.00. The van der Waals surface area contributed by atoms with Crippen molar-refractivity contribution in [2.45, 2.75) is 6.92 Å². The molecule has 2 aromatic heterocycles. The summed E-state index contributed by atoms with van der Waals surface area (Å²) in [6.07, 6.45) is 1.49. The largest absolute Gasteiger partial charge is 0.506 e. The molecule has 0 saturated heterocycles. The normalized spacial score (nSPS) is 10.7. The van der Waals surface area contributed by atoms with E-state index in [1.54, 1.807) is 28.8 Å². The minimum atomic E-state index is -0.247. The van der Waals surface area contributed by atoms with Gasteiger partial charge in [-0.1, -0.05) is 22.9 Å². The Bertz CT molecular complexity index is 872. The topological polar surface area (TPSA) is 106 Å². The van der Waals surface area contributed by atoms with Gasteiger partial charge in [0.05, 0.1) is 11.8 Å². The summed E-state index contributed by atoms with van der Waals surface area (Å²) in [6.45, 7) is 1.38. The van der Waals surface area contributed by atoms with E-state index in [1.165, 1.54) is 13.1 Å². The van der Waals surface area contributed by atoms with Crippen molar-refractivity contribution in [2.75, 3.05) is 11.1 Å². The Kier molecular flexibility index (Phi) is 3.93. The van der Waals surface area contributed by atoms with Crippen LogP contribution in [0.25, 0.3) is 16.3 Å². The third-order valence-electron chi connectivity index (χ3n) is 3.05. The molecule has 0 radical (unpaired) electrons. The standard InChI is InChI=1S/C14H12ClN5O2S/c1-7(21)17-14-19-18-13(23-14)11-10(22)6-20(12(11)16)9-4-2-8(15)3-5-9/h2-6,22H,16H2,1H3,(H,17,19,21). The molecule has 1 amide bonds. The monoisotopic (exact) mass is 349 g/mol. The highest BCUT2D eigenvalue weighted by Gasteiger charge is 2.20. The summed E-state index contributed by atoms with van der Waals surface area (Å²) in [6, 6.07) is 7.02. The number of amides is 1. The second-order valence-electron chi connectivity index (χ2n) is 4.71. The van der Waals surface area contributed by atoms with Crippen LogP contribution >= 0.6 is 22.9 Å². The minimum absolute atomic E-state index is 0.0250. The van der Waals surface area contributed by atoms with Crippen molar-refractivity contribution in [2.24, 2.45) is 0 Å². The molecule has 2 heterocycles. The van der Waals surface area contributed by atoms with Crippen molar-refractivity contribution in [3.63, 3.8) is 0 Å². The molecule has 0 fully saturated rings. The summed E-state index contributed by atoms with van der Waals surface area (Å²) in [7, 11) is 0. The van der Waals surface area contributed by atoms with Crippen LogP contribution in [0.4, 0.5) is 10.9 Å². The number of nitrogens with one attached hydrogen (secondary N) is 1. The number of anilines is 2. The van der Waals surface area contributed by atoms with E-state index in [9.17, 15) is 9.90 Å². The van der Waals surface area contributed by atoms with Gasteiger partial charge in [0, 0.05) is 17.6 Å². The van der Waals surface area contributed by atoms with Crippen LogP contribution in [-0.4, -0.2) is 25.8 Å². The van der Waals surface area contributed by atoms with E-state index in [2.05, 4.69) is 15.5 Å². The zero-order valence-corrected chi connectivity index (χ0v) is 13.5. The molecule has 23 heavy (non-hydrogen) atoms. The molecule has 1 aromatic carbocycles. The Labute approximate surface area is 140 Å². The Morgan fingerprint density at radius 2 is 2.04 bits per heavy atom. The van der Waals surface area contributed by atoms with Crippen LogP contribution in [0, 0.1) is 0 Å². The highest BCUT2D eigenvalue weighted by atomic mass is 35.5. The summed E-state index contributed by atoms with van der Waals surface area (Å²) in [5.41, 5.74) is 7.26. The van der Waals surface area contributed by atoms with E-state index in [0.717, 1.165) is 17.0 Å². The molecule has 0 unspecified atom stereocenters. The van der Waals surface area contributed by atoms with Crippen molar-refractivity contribution >= 4 is 39.8 Å². The lowest BCUT2D eigenvalue weighted by atomic mass is 10.3. The van der Waals surface area contributed by atoms with Crippen LogP contribution in [-0.2, 0) is 4.79 Å². The van der Waals surface area contributed by atoms with Crippen LogP contribution in [0.1, 0.15) is 6.92 Å². The van der Waals surface area contributed by atoms with Crippen molar-refractivity contribution in [3.05, 3.63) is 35.5 Å².